The third-order valence-corrected chi connectivity index (χ3v) is 2.58. The molecule has 0 aromatic carbocycles. The van der Waals surface area contributed by atoms with Gasteiger partial charge in [0.25, 0.3) is 0 Å². The minimum atomic E-state index is -1.03. The molecular formula is C4H6F2S3. The molecule has 0 N–H and O–H groups in total. The first-order valence-corrected chi connectivity index (χ1v) is 4.47. The van der Waals surface area contributed by atoms with Crippen LogP contribution < -0.4 is 0 Å². The summed E-state index contributed by atoms with van der Waals surface area (Å²) in [6.07, 6.45) is 0. The van der Waals surface area contributed by atoms with E-state index in [1.807, 2.05) is 0 Å². The Bertz CT molecular complexity index is 93.8. The molecule has 0 bridgehead atoms. The van der Waals surface area contributed by atoms with E-state index in [0.717, 1.165) is 23.5 Å². The summed E-state index contributed by atoms with van der Waals surface area (Å²) in [5.41, 5.74) is -1.03. The molecule has 0 fully saturated rings. The van der Waals surface area contributed by atoms with Gasteiger partial charge < -0.3 is 0 Å². The first kappa shape index (κ1) is 9.65. The van der Waals surface area contributed by atoms with Crippen LogP contribution in [0.15, 0.2) is 0 Å². The summed E-state index contributed by atoms with van der Waals surface area (Å²) in [4.78, 5) is 0. The van der Waals surface area contributed by atoms with Crippen LogP contribution in [0, 0.1) is 0 Å². The second-order valence-corrected chi connectivity index (χ2v) is 4.56. The number of alkyl halides is 2. The zero-order chi connectivity index (χ0) is 7.28. The fraction of sp³-hybridized carbons (Fsp3) is 0.750. The molecule has 54 valence electrons. The van der Waals surface area contributed by atoms with Crippen LogP contribution in [0.2, 0.25) is 0 Å². The predicted octanol–water partition coefficient (Wildman–Crippen LogP) is 2.98. The van der Waals surface area contributed by atoms with Crippen molar-refractivity contribution in [3.8, 4) is 0 Å². The van der Waals surface area contributed by atoms with Crippen molar-refractivity contribution < 1.29 is 8.78 Å². The molecule has 9 heavy (non-hydrogen) atoms. The van der Waals surface area contributed by atoms with Gasteiger partial charge in [-0.1, -0.05) is 35.7 Å². The molecule has 0 aromatic heterocycles. The summed E-state index contributed by atoms with van der Waals surface area (Å²) in [5.74, 6) is 0. The molecule has 0 aliphatic rings. The normalized spacial score (nSPS) is 13.2. The van der Waals surface area contributed by atoms with Crippen LogP contribution in [0.4, 0.5) is 8.78 Å². The van der Waals surface area contributed by atoms with Crippen LogP contribution in [-0.2, 0) is 0 Å². The Labute approximate surface area is 66.8 Å². The lowest BCUT2D eigenvalue weighted by atomic mass is 10.9. The average Bonchev–Trinajstić information content (AvgIpc) is 1.63. The van der Waals surface area contributed by atoms with Crippen LogP contribution >= 0.6 is 35.7 Å². The Morgan fingerprint density at radius 1 is 1.78 bits per heavy atom. The van der Waals surface area contributed by atoms with Crippen molar-refractivity contribution >= 4 is 39.3 Å². The average molecular weight is 188 g/mol. The lowest BCUT2D eigenvalue weighted by molar-refractivity contribution is 0.486. The third-order valence-electron chi connectivity index (χ3n) is 0.431. The molecular weight excluding hydrogens is 182 g/mol. The van der Waals surface area contributed by atoms with E-state index in [9.17, 15) is 8.78 Å². The van der Waals surface area contributed by atoms with E-state index < -0.39 is 11.5 Å². The Hall–Kier alpha value is 0.650. The maximum absolute atomic E-state index is 12.0. The van der Waals surface area contributed by atoms with E-state index in [1.54, 1.807) is 0 Å². The highest BCUT2D eigenvalue weighted by molar-refractivity contribution is 8.47. The Morgan fingerprint density at radius 3 is 2.67 bits per heavy atom. The molecule has 0 aromatic rings. The zero-order valence-corrected chi connectivity index (χ0v) is 7.21. The molecule has 0 aliphatic heterocycles. The molecule has 0 saturated carbocycles. The largest absolute Gasteiger partial charge is 0.239 e. The van der Waals surface area contributed by atoms with Gasteiger partial charge >= 0.3 is 0 Å². The summed E-state index contributed by atoms with van der Waals surface area (Å²) in [7, 11) is 0. The van der Waals surface area contributed by atoms with Crippen LogP contribution in [0.3, 0.4) is 0 Å². The first-order valence-electron chi connectivity index (χ1n) is 2.20. The standard InChI is InChI=1S/C4H6F2S3/c1-3(6)9-4(7)8-2-5/h3H,2H2,1H3. The Morgan fingerprint density at radius 2 is 2.33 bits per heavy atom. The highest BCUT2D eigenvalue weighted by Gasteiger charge is 2.03. The fourth-order valence-electron chi connectivity index (χ4n) is 0.211. The Kier molecular flexibility index (Phi) is 5.83. The summed E-state index contributed by atoms with van der Waals surface area (Å²) in [6, 6.07) is -0.571. The highest BCUT2D eigenvalue weighted by Crippen LogP contribution is 2.22. The number of halogens is 2. The van der Waals surface area contributed by atoms with Crippen LogP contribution in [0.5, 0.6) is 0 Å². The topological polar surface area (TPSA) is 0 Å². The summed E-state index contributed by atoms with van der Waals surface area (Å²) < 4.78 is 23.8. The summed E-state index contributed by atoms with van der Waals surface area (Å²) in [6.45, 7) is 1.37. The van der Waals surface area contributed by atoms with Crippen LogP contribution in [0.1, 0.15) is 6.92 Å². The molecule has 1 atom stereocenters. The fourth-order valence-corrected chi connectivity index (χ4v) is 1.90. The van der Waals surface area contributed by atoms with Crippen molar-refractivity contribution in [2.45, 2.75) is 12.4 Å². The number of hydrogen-bond donors (Lipinski definition) is 0. The second-order valence-electron chi connectivity index (χ2n) is 1.16. The van der Waals surface area contributed by atoms with Gasteiger partial charge in [-0.3, -0.25) is 0 Å². The second kappa shape index (κ2) is 5.44. The molecule has 1 unspecified atom stereocenters. The van der Waals surface area contributed by atoms with Crippen molar-refractivity contribution in [2.75, 3.05) is 6.01 Å². The molecule has 0 aliphatic carbocycles. The van der Waals surface area contributed by atoms with E-state index in [0.29, 0.717) is 3.53 Å². The van der Waals surface area contributed by atoms with E-state index in [-0.39, 0.29) is 0 Å². The van der Waals surface area contributed by atoms with Crippen molar-refractivity contribution in [1.82, 2.24) is 0 Å². The van der Waals surface area contributed by atoms with Gasteiger partial charge in [0.15, 0.2) is 0 Å². The van der Waals surface area contributed by atoms with E-state index >= 15 is 0 Å². The molecule has 0 nitrogen and oxygen atoms in total. The monoisotopic (exact) mass is 188 g/mol. The van der Waals surface area contributed by atoms with Gasteiger partial charge in [0.1, 0.15) is 15.0 Å². The molecule has 0 spiro atoms. The lowest BCUT2D eigenvalue weighted by Gasteiger charge is -1.98. The van der Waals surface area contributed by atoms with E-state index in [1.165, 1.54) is 6.92 Å². The molecule has 0 saturated heterocycles. The van der Waals surface area contributed by atoms with Crippen molar-refractivity contribution in [2.24, 2.45) is 0 Å². The zero-order valence-electron chi connectivity index (χ0n) is 4.77. The van der Waals surface area contributed by atoms with Crippen LogP contribution in [0.25, 0.3) is 0 Å². The lowest BCUT2D eigenvalue weighted by Crippen LogP contribution is -1.88. The Balaban J connectivity index is 3.27. The van der Waals surface area contributed by atoms with Crippen molar-refractivity contribution in [3.63, 3.8) is 0 Å². The van der Waals surface area contributed by atoms with Gasteiger partial charge in [-0.15, -0.1) is 0 Å². The third kappa shape index (κ3) is 6.54. The van der Waals surface area contributed by atoms with Gasteiger partial charge in [0.05, 0.1) is 0 Å². The smallest absolute Gasteiger partial charge is 0.148 e. The van der Waals surface area contributed by atoms with Crippen LogP contribution in [-0.4, -0.2) is 15.0 Å². The number of hydrogen-bond acceptors (Lipinski definition) is 3. The molecule has 0 amide bonds. The predicted molar refractivity (Wildman–Crippen MR) is 44.3 cm³/mol. The summed E-state index contributed by atoms with van der Waals surface area (Å²) >= 11 is 6.29. The first-order chi connectivity index (χ1) is 4.16. The van der Waals surface area contributed by atoms with Gasteiger partial charge in [-0.05, 0) is 6.92 Å². The maximum Gasteiger partial charge on any atom is 0.148 e. The van der Waals surface area contributed by atoms with E-state index in [2.05, 4.69) is 12.2 Å². The quantitative estimate of drug-likeness (QED) is 0.611. The maximum atomic E-state index is 12.0. The van der Waals surface area contributed by atoms with Crippen molar-refractivity contribution in [1.29, 1.82) is 0 Å². The number of rotatable bonds is 2. The number of thioether (sulfide) groups is 2. The molecule has 0 heterocycles. The summed E-state index contributed by atoms with van der Waals surface area (Å²) in [5, 5.41) is 0. The van der Waals surface area contributed by atoms with Gasteiger partial charge in [0, 0.05) is 0 Å². The van der Waals surface area contributed by atoms with E-state index in [4.69, 9.17) is 0 Å². The highest BCUT2D eigenvalue weighted by atomic mass is 32.2. The van der Waals surface area contributed by atoms with Gasteiger partial charge in [0.2, 0.25) is 0 Å². The van der Waals surface area contributed by atoms with Gasteiger partial charge in [-0.25, -0.2) is 8.78 Å². The minimum Gasteiger partial charge on any atom is -0.239 e. The molecule has 0 rings (SSSR count). The van der Waals surface area contributed by atoms with Gasteiger partial charge in [-0.2, -0.15) is 0 Å². The molecule has 5 heteroatoms. The minimum absolute atomic E-state index is 0.326. The molecule has 0 radical (unpaired) electrons. The van der Waals surface area contributed by atoms with Crippen molar-refractivity contribution in [3.05, 3.63) is 0 Å². The SMILES string of the molecule is CC(F)SC(=S)SCF. The number of thiocarbonyl (C=S) groups is 1.